The Morgan fingerprint density at radius 2 is 2.00 bits per heavy atom. The van der Waals surface area contributed by atoms with Gasteiger partial charge in [-0.25, -0.2) is 4.79 Å². The Bertz CT molecular complexity index is 907. The molecule has 148 valence electrons. The van der Waals surface area contributed by atoms with Crippen LogP contribution in [-0.2, 0) is 11.0 Å². The van der Waals surface area contributed by atoms with Gasteiger partial charge in [-0.15, -0.1) is 0 Å². The molecule has 0 saturated heterocycles. The van der Waals surface area contributed by atoms with Crippen molar-refractivity contribution in [1.82, 2.24) is 5.43 Å². The first-order valence-electron chi connectivity index (χ1n) is 7.57. The van der Waals surface area contributed by atoms with Crippen molar-refractivity contribution in [3.05, 3.63) is 58.6 Å². The summed E-state index contributed by atoms with van der Waals surface area (Å²) in [5.74, 6) is -0.844. The van der Waals surface area contributed by atoms with E-state index in [4.69, 9.17) is 33.7 Å². The van der Waals surface area contributed by atoms with Crippen molar-refractivity contribution < 1.29 is 27.8 Å². The van der Waals surface area contributed by atoms with Crippen LogP contribution in [0.25, 0.3) is 0 Å². The third-order valence-electron chi connectivity index (χ3n) is 3.18. The van der Waals surface area contributed by atoms with Crippen molar-refractivity contribution >= 4 is 46.8 Å². The number of aliphatic carboxylic acids is 1. The number of rotatable bonds is 6. The molecule has 6 nitrogen and oxygen atoms in total. The van der Waals surface area contributed by atoms with Gasteiger partial charge < -0.3 is 15.2 Å². The van der Waals surface area contributed by atoms with Gasteiger partial charge >= 0.3 is 12.1 Å². The Balaban J connectivity index is 2.03. The predicted octanol–water partition coefficient (Wildman–Crippen LogP) is 4.14. The molecule has 3 N–H and O–H groups in total. The van der Waals surface area contributed by atoms with E-state index >= 15 is 0 Å². The zero-order valence-electron chi connectivity index (χ0n) is 14.0. The van der Waals surface area contributed by atoms with Gasteiger partial charge in [0.15, 0.2) is 11.7 Å². The maximum atomic E-state index is 12.8. The van der Waals surface area contributed by atoms with E-state index in [2.05, 4.69) is 15.8 Å². The first-order valence-corrected chi connectivity index (χ1v) is 8.36. The molecule has 0 aliphatic heterocycles. The number of carbonyl (C=O) groups is 1. The summed E-state index contributed by atoms with van der Waals surface area (Å²) >= 11 is 10.9. The van der Waals surface area contributed by atoms with Crippen LogP contribution in [0.4, 0.5) is 18.9 Å². The van der Waals surface area contributed by atoms with Gasteiger partial charge in [0.25, 0.3) is 0 Å². The lowest BCUT2D eigenvalue weighted by Crippen LogP contribution is -2.24. The van der Waals surface area contributed by atoms with Gasteiger partial charge in [-0.05, 0) is 42.5 Å². The largest absolute Gasteiger partial charge is 0.481 e. The lowest BCUT2D eigenvalue weighted by molar-refractivity contribution is -0.139. The number of nitrogens with zero attached hydrogens (tertiary/aromatic N) is 1. The second-order valence-electron chi connectivity index (χ2n) is 5.24. The molecule has 0 amide bonds. The fourth-order valence-corrected chi connectivity index (χ4v) is 2.29. The van der Waals surface area contributed by atoms with E-state index in [0.717, 1.165) is 18.2 Å². The molecule has 0 atom stereocenters. The Kier molecular flexibility index (Phi) is 7.18. The fourth-order valence-electron chi connectivity index (χ4n) is 1.97. The van der Waals surface area contributed by atoms with Crippen molar-refractivity contribution in [3.63, 3.8) is 0 Å². The number of nitrogens with one attached hydrogen (secondary N) is 2. The molecule has 0 fully saturated rings. The quantitative estimate of drug-likeness (QED) is 0.362. The van der Waals surface area contributed by atoms with E-state index in [1.54, 1.807) is 24.3 Å². The van der Waals surface area contributed by atoms with Gasteiger partial charge in [-0.3, -0.25) is 5.43 Å². The van der Waals surface area contributed by atoms with Gasteiger partial charge in [-0.1, -0.05) is 23.7 Å². The summed E-state index contributed by atoms with van der Waals surface area (Å²) in [5, 5.41) is 15.0. The number of hydrogen-bond acceptors (Lipinski definition) is 4. The van der Waals surface area contributed by atoms with Crippen molar-refractivity contribution in [1.29, 1.82) is 0 Å². The lowest BCUT2D eigenvalue weighted by atomic mass is 10.2. The van der Waals surface area contributed by atoms with E-state index < -0.39 is 24.3 Å². The van der Waals surface area contributed by atoms with Crippen molar-refractivity contribution in [2.24, 2.45) is 5.10 Å². The normalized spacial score (nSPS) is 11.3. The average molecular weight is 432 g/mol. The number of thiocarbonyl (C=S) groups is 1. The highest BCUT2D eigenvalue weighted by molar-refractivity contribution is 7.80. The Morgan fingerprint density at radius 1 is 1.29 bits per heavy atom. The number of carboxylic acid groups (broad SMARTS) is 1. The number of hydrazone groups is 1. The molecular weight excluding hydrogens is 419 g/mol. The zero-order valence-corrected chi connectivity index (χ0v) is 15.5. The highest BCUT2D eigenvalue weighted by Crippen LogP contribution is 2.33. The fraction of sp³-hybridized carbons (Fsp3) is 0.118. The highest BCUT2D eigenvalue weighted by Gasteiger charge is 2.31. The maximum Gasteiger partial charge on any atom is 0.416 e. The minimum Gasteiger partial charge on any atom is -0.481 e. The summed E-state index contributed by atoms with van der Waals surface area (Å²) in [7, 11) is 0. The standard InChI is InChI=1S/C17H13ClF3N3O3S/c18-12-6-5-11(17(19,20)21)7-13(12)23-16(28)24-22-8-10-3-1-2-4-14(10)27-9-15(25)26/h1-8H,9H2,(H,25,26)(H2,23,24,28)/b22-8-. The van der Waals surface area contributed by atoms with E-state index in [0.29, 0.717) is 5.56 Å². The van der Waals surface area contributed by atoms with Gasteiger partial charge in [0.2, 0.25) is 0 Å². The summed E-state index contributed by atoms with van der Waals surface area (Å²) in [6.07, 6.45) is -3.20. The molecule has 0 bridgehead atoms. The smallest absolute Gasteiger partial charge is 0.416 e. The maximum absolute atomic E-state index is 12.8. The van der Waals surface area contributed by atoms with Crippen LogP contribution in [0, 0.1) is 0 Å². The first-order chi connectivity index (χ1) is 13.2. The van der Waals surface area contributed by atoms with Crippen molar-refractivity contribution in [2.45, 2.75) is 6.18 Å². The van der Waals surface area contributed by atoms with Crippen molar-refractivity contribution in [3.8, 4) is 5.75 Å². The minimum atomic E-state index is -4.52. The van der Waals surface area contributed by atoms with Gasteiger partial charge in [0.1, 0.15) is 5.75 Å². The van der Waals surface area contributed by atoms with Crippen LogP contribution in [0.1, 0.15) is 11.1 Å². The van der Waals surface area contributed by atoms with Crippen LogP contribution in [-0.4, -0.2) is 29.0 Å². The van der Waals surface area contributed by atoms with Crippen LogP contribution in [0.3, 0.4) is 0 Å². The topological polar surface area (TPSA) is 83.0 Å². The van der Waals surface area contributed by atoms with E-state index in [1.807, 2.05) is 0 Å². The Hall–Kier alpha value is -2.85. The number of para-hydroxylation sites is 1. The highest BCUT2D eigenvalue weighted by atomic mass is 35.5. The average Bonchev–Trinajstić information content (AvgIpc) is 2.61. The second kappa shape index (κ2) is 9.38. The summed E-state index contributed by atoms with van der Waals surface area (Å²) in [4.78, 5) is 10.6. The third-order valence-corrected chi connectivity index (χ3v) is 3.70. The summed E-state index contributed by atoms with van der Waals surface area (Å²) in [5.41, 5.74) is 1.99. The van der Waals surface area contributed by atoms with Crippen molar-refractivity contribution in [2.75, 3.05) is 11.9 Å². The molecule has 0 spiro atoms. The second-order valence-corrected chi connectivity index (χ2v) is 6.05. The zero-order chi connectivity index (χ0) is 20.7. The number of alkyl halides is 3. The van der Waals surface area contributed by atoms with E-state index in [1.165, 1.54) is 6.21 Å². The number of hydrogen-bond donors (Lipinski definition) is 3. The molecular formula is C17H13ClF3N3O3S. The van der Waals surface area contributed by atoms with E-state index in [9.17, 15) is 18.0 Å². The van der Waals surface area contributed by atoms with Crippen LogP contribution in [0.15, 0.2) is 47.6 Å². The van der Waals surface area contributed by atoms with Crippen LogP contribution in [0.5, 0.6) is 5.75 Å². The molecule has 0 heterocycles. The van der Waals surface area contributed by atoms with Crippen LogP contribution >= 0.6 is 23.8 Å². The van der Waals surface area contributed by atoms with E-state index in [-0.39, 0.29) is 21.6 Å². The number of carboxylic acids is 1. The molecule has 0 radical (unpaired) electrons. The Labute approximate surface area is 168 Å². The first kappa shape index (κ1) is 21.5. The van der Waals surface area contributed by atoms with Gasteiger partial charge in [0.05, 0.1) is 22.5 Å². The molecule has 28 heavy (non-hydrogen) atoms. The molecule has 2 aromatic rings. The number of halogens is 4. The minimum absolute atomic E-state index is 0.0330. The predicted molar refractivity (Wildman–Crippen MR) is 103 cm³/mol. The van der Waals surface area contributed by atoms with Crippen LogP contribution in [0.2, 0.25) is 5.02 Å². The van der Waals surface area contributed by atoms with Crippen LogP contribution < -0.4 is 15.5 Å². The molecule has 0 unspecified atom stereocenters. The lowest BCUT2D eigenvalue weighted by Gasteiger charge is -2.12. The summed E-state index contributed by atoms with van der Waals surface area (Å²) in [6.45, 7) is -0.522. The monoisotopic (exact) mass is 431 g/mol. The molecule has 2 rings (SSSR count). The van der Waals surface area contributed by atoms with Gasteiger partial charge in [0, 0.05) is 5.56 Å². The number of benzene rings is 2. The molecule has 0 aromatic heterocycles. The third kappa shape index (κ3) is 6.39. The Morgan fingerprint density at radius 3 is 2.68 bits per heavy atom. The SMILES string of the molecule is O=C(O)COc1ccccc1/C=N\NC(=S)Nc1cc(C(F)(F)F)ccc1Cl. The molecule has 2 aromatic carbocycles. The summed E-state index contributed by atoms with van der Waals surface area (Å²) < 4.78 is 43.5. The molecule has 0 saturated carbocycles. The molecule has 0 aliphatic rings. The number of anilines is 1. The molecule has 11 heteroatoms. The summed E-state index contributed by atoms with van der Waals surface area (Å²) in [6, 6.07) is 9.32. The molecule has 0 aliphatic carbocycles. The van der Waals surface area contributed by atoms with Gasteiger partial charge in [-0.2, -0.15) is 18.3 Å². The number of ether oxygens (including phenoxy) is 1.